The lowest BCUT2D eigenvalue weighted by Crippen LogP contribution is -2.27. The first kappa shape index (κ1) is 13.8. The molecule has 2 heterocycles. The van der Waals surface area contributed by atoms with E-state index in [2.05, 4.69) is 17.0 Å². The van der Waals surface area contributed by atoms with Crippen LogP contribution in [0.3, 0.4) is 0 Å². The molecule has 0 atom stereocenters. The minimum atomic E-state index is -0.0936. The number of hydrogen-bond donors (Lipinski definition) is 0. The maximum absolute atomic E-state index is 12.1. The lowest BCUT2D eigenvalue weighted by atomic mass is 10.4. The molecule has 2 aliphatic rings. The van der Waals surface area contributed by atoms with Gasteiger partial charge in [0, 0.05) is 20.6 Å². The summed E-state index contributed by atoms with van der Waals surface area (Å²) in [4.78, 5) is 14.2. The van der Waals surface area contributed by atoms with E-state index in [0.717, 1.165) is 5.82 Å². The third kappa shape index (κ3) is 2.69. The largest absolute Gasteiger partial charge is 0.289 e. The first-order chi connectivity index (χ1) is 9.04. The molecule has 0 bridgehead atoms. The van der Waals surface area contributed by atoms with E-state index in [1.54, 1.807) is 42.3 Å². The minimum absolute atomic E-state index is 0.0936. The van der Waals surface area contributed by atoms with Gasteiger partial charge in [-0.1, -0.05) is 30.1 Å². The van der Waals surface area contributed by atoms with Crippen LogP contribution in [0.4, 0.5) is 0 Å². The summed E-state index contributed by atoms with van der Waals surface area (Å²) in [7, 11) is 3.57. The summed E-state index contributed by atoms with van der Waals surface area (Å²) >= 11 is 6.44. The van der Waals surface area contributed by atoms with E-state index >= 15 is 0 Å². The number of thioether (sulfide) groups is 1. The molecule has 19 heavy (non-hydrogen) atoms. The molecular weight excluding hydrogens is 282 g/mol. The Morgan fingerprint density at radius 2 is 1.95 bits per heavy atom. The SMILES string of the molecule is C=CCN1C(=O)/C(=C/C=C2N(C)N=NN2C)SC1=S. The summed E-state index contributed by atoms with van der Waals surface area (Å²) in [5.41, 5.74) is 0. The molecule has 0 aromatic rings. The maximum Gasteiger partial charge on any atom is 0.266 e. The molecule has 0 radical (unpaired) electrons. The molecule has 100 valence electrons. The molecule has 0 aromatic heterocycles. The fourth-order valence-electron chi connectivity index (χ4n) is 1.59. The second kappa shape index (κ2) is 5.54. The van der Waals surface area contributed by atoms with Crippen molar-refractivity contribution in [3.63, 3.8) is 0 Å². The molecule has 1 saturated heterocycles. The molecule has 2 rings (SSSR count). The molecule has 8 heteroatoms. The van der Waals surface area contributed by atoms with E-state index in [4.69, 9.17) is 12.2 Å². The van der Waals surface area contributed by atoms with Crippen molar-refractivity contribution in [3.05, 3.63) is 35.5 Å². The topological polar surface area (TPSA) is 51.5 Å². The molecule has 0 spiro atoms. The molecule has 6 nitrogen and oxygen atoms in total. The molecule has 0 N–H and O–H groups in total. The van der Waals surface area contributed by atoms with Gasteiger partial charge in [-0.15, -0.1) is 6.58 Å². The highest BCUT2D eigenvalue weighted by atomic mass is 32.2. The predicted molar refractivity (Wildman–Crippen MR) is 78.6 cm³/mol. The smallest absolute Gasteiger partial charge is 0.266 e. The molecule has 0 aromatic carbocycles. The van der Waals surface area contributed by atoms with Crippen molar-refractivity contribution in [2.45, 2.75) is 0 Å². The van der Waals surface area contributed by atoms with Gasteiger partial charge >= 0.3 is 0 Å². The average molecular weight is 295 g/mol. The highest BCUT2D eigenvalue weighted by molar-refractivity contribution is 8.26. The van der Waals surface area contributed by atoms with Gasteiger partial charge in [0.15, 0.2) is 0 Å². The van der Waals surface area contributed by atoms with Gasteiger partial charge in [-0.05, 0) is 22.6 Å². The van der Waals surface area contributed by atoms with Crippen molar-refractivity contribution < 1.29 is 4.79 Å². The van der Waals surface area contributed by atoms with Crippen LogP contribution >= 0.6 is 24.0 Å². The van der Waals surface area contributed by atoms with Crippen molar-refractivity contribution in [1.29, 1.82) is 0 Å². The van der Waals surface area contributed by atoms with Crippen LogP contribution < -0.4 is 0 Å². The number of rotatable bonds is 3. The standard InChI is InChI=1S/C11H13N5OS2/c1-4-7-16-10(17)8(19-11(16)18)5-6-9-14(2)12-13-15(9)3/h4-6H,1,7H2,2-3H3/b8-5-. The number of hydrogen-bond acceptors (Lipinski definition) is 7. The molecule has 1 fully saturated rings. The van der Waals surface area contributed by atoms with Crippen molar-refractivity contribution in [2.24, 2.45) is 10.4 Å². The molecule has 2 aliphatic heterocycles. The Kier molecular flexibility index (Phi) is 4.01. The van der Waals surface area contributed by atoms with Crippen LogP contribution in [0, 0.1) is 0 Å². The lowest BCUT2D eigenvalue weighted by Gasteiger charge is -2.11. The van der Waals surface area contributed by atoms with Gasteiger partial charge in [0.25, 0.3) is 5.91 Å². The molecular formula is C11H13N5OS2. The Hall–Kier alpha value is -1.67. The zero-order valence-electron chi connectivity index (χ0n) is 10.6. The highest BCUT2D eigenvalue weighted by Gasteiger charge is 2.30. The Morgan fingerprint density at radius 1 is 1.32 bits per heavy atom. The second-order valence-electron chi connectivity index (χ2n) is 3.85. The van der Waals surface area contributed by atoms with Gasteiger partial charge in [0.1, 0.15) is 10.1 Å². The molecule has 0 saturated carbocycles. The fraction of sp³-hybridized carbons (Fsp3) is 0.273. The van der Waals surface area contributed by atoms with E-state index in [9.17, 15) is 4.79 Å². The van der Waals surface area contributed by atoms with E-state index in [-0.39, 0.29) is 5.91 Å². The summed E-state index contributed by atoms with van der Waals surface area (Å²) < 4.78 is 0.553. The van der Waals surface area contributed by atoms with Crippen LogP contribution in [-0.2, 0) is 4.79 Å². The maximum atomic E-state index is 12.1. The molecule has 1 amide bonds. The van der Waals surface area contributed by atoms with E-state index in [0.29, 0.717) is 15.8 Å². The number of carbonyl (C=O) groups excluding carboxylic acids is 1. The quantitative estimate of drug-likeness (QED) is 0.452. The lowest BCUT2D eigenvalue weighted by molar-refractivity contribution is -0.121. The Balaban J connectivity index is 2.17. The molecule has 0 unspecified atom stereocenters. The number of thiocarbonyl (C=S) groups is 1. The van der Waals surface area contributed by atoms with Crippen molar-refractivity contribution in [1.82, 2.24) is 14.9 Å². The van der Waals surface area contributed by atoms with Crippen molar-refractivity contribution >= 4 is 34.2 Å². The normalized spacial score (nSPS) is 21.1. The highest BCUT2D eigenvalue weighted by Crippen LogP contribution is 2.31. The average Bonchev–Trinajstić information content (AvgIpc) is 2.82. The van der Waals surface area contributed by atoms with Gasteiger partial charge in [0.2, 0.25) is 0 Å². The number of nitrogens with zero attached hydrogens (tertiary/aromatic N) is 5. The van der Waals surface area contributed by atoms with Gasteiger partial charge < -0.3 is 0 Å². The Morgan fingerprint density at radius 3 is 2.53 bits per heavy atom. The fourth-order valence-corrected chi connectivity index (χ4v) is 2.80. The summed E-state index contributed by atoms with van der Waals surface area (Å²) in [6, 6.07) is 0. The van der Waals surface area contributed by atoms with Crippen LogP contribution in [0.5, 0.6) is 0 Å². The zero-order chi connectivity index (χ0) is 14.0. The van der Waals surface area contributed by atoms with Gasteiger partial charge in [-0.3, -0.25) is 9.69 Å². The third-order valence-electron chi connectivity index (χ3n) is 2.54. The van der Waals surface area contributed by atoms with Crippen LogP contribution in [0.15, 0.2) is 46.0 Å². The number of carbonyl (C=O) groups is 1. The number of amides is 1. The number of allylic oxidation sites excluding steroid dienone is 2. The summed E-state index contributed by atoms with van der Waals surface area (Å²) in [5.74, 6) is 0.693. The second-order valence-corrected chi connectivity index (χ2v) is 5.53. The van der Waals surface area contributed by atoms with Crippen LogP contribution in [-0.4, -0.2) is 45.8 Å². The van der Waals surface area contributed by atoms with Crippen LogP contribution in [0.25, 0.3) is 0 Å². The first-order valence-electron chi connectivity index (χ1n) is 5.50. The zero-order valence-corrected chi connectivity index (χ0v) is 12.2. The summed E-state index contributed by atoms with van der Waals surface area (Å²) in [6.45, 7) is 4.05. The van der Waals surface area contributed by atoms with Gasteiger partial charge in [0.05, 0.1) is 4.91 Å². The minimum Gasteiger partial charge on any atom is -0.289 e. The van der Waals surface area contributed by atoms with Crippen molar-refractivity contribution in [3.8, 4) is 0 Å². The van der Waals surface area contributed by atoms with E-state index in [1.165, 1.54) is 16.7 Å². The van der Waals surface area contributed by atoms with Gasteiger partial charge in [-0.2, -0.15) is 0 Å². The summed E-state index contributed by atoms with van der Waals surface area (Å²) in [5, 5.41) is 11.0. The van der Waals surface area contributed by atoms with Crippen LogP contribution in [0.1, 0.15) is 0 Å². The monoisotopic (exact) mass is 295 g/mol. The predicted octanol–water partition coefficient (Wildman–Crippen LogP) is 1.92. The van der Waals surface area contributed by atoms with Crippen molar-refractivity contribution in [2.75, 3.05) is 20.6 Å². The van der Waals surface area contributed by atoms with Gasteiger partial charge in [-0.25, -0.2) is 10.0 Å². The molecule has 0 aliphatic carbocycles. The Bertz CT molecular complexity index is 511. The first-order valence-corrected chi connectivity index (χ1v) is 6.72. The summed E-state index contributed by atoms with van der Waals surface area (Å²) in [6.07, 6.45) is 5.18. The van der Waals surface area contributed by atoms with E-state index < -0.39 is 0 Å². The Labute approximate surface area is 121 Å². The third-order valence-corrected chi connectivity index (χ3v) is 3.94. The van der Waals surface area contributed by atoms with E-state index in [1.807, 2.05) is 0 Å². The van der Waals surface area contributed by atoms with Crippen LogP contribution in [0.2, 0.25) is 0 Å².